The van der Waals surface area contributed by atoms with Crippen molar-refractivity contribution in [3.63, 3.8) is 0 Å². The highest BCUT2D eigenvalue weighted by molar-refractivity contribution is 5.78. The predicted molar refractivity (Wildman–Crippen MR) is 49.8 cm³/mol. The molecule has 1 amide bonds. The van der Waals surface area contributed by atoms with Gasteiger partial charge in [-0.1, -0.05) is 6.92 Å². The van der Waals surface area contributed by atoms with Gasteiger partial charge in [-0.25, -0.2) is 0 Å². The van der Waals surface area contributed by atoms with E-state index in [-0.39, 0.29) is 11.3 Å². The van der Waals surface area contributed by atoms with Crippen molar-refractivity contribution in [2.75, 3.05) is 0 Å². The average molecular weight is 180 g/mol. The minimum absolute atomic E-state index is 0.00782. The molecule has 1 fully saturated rings. The van der Waals surface area contributed by atoms with Gasteiger partial charge in [0.1, 0.15) is 5.54 Å². The first-order valence-electron chi connectivity index (χ1n) is 4.59. The Labute approximate surface area is 79.1 Å². The van der Waals surface area contributed by atoms with Crippen LogP contribution in [0.3, 0.4) is 0 Å². The Hall–Kier alpha value is -1.04. The summed E-state index contributed by atoms with van der Waals surface area (Å²) in [5.41, 5.74) is -0.516. The molecule has 1 saturated carbocycles. The number of rotatable bonds is 3. The molecule has 0 saturated heterocycles. The lowest BCUT2D eigenvalue weighted by Crippen LogP contribution is -2.42. The zero-order chi connectivity index (χ0) is 10.1. The van der Waals surface area contributed by atoms with Gasteiger partial charge in [-0.3, -0.25) is 4.79 Å². The first-order valence-corrected chi connectivity index (χ1v) is 4.59. The molecule has 0 spiro atoms. The number of hydrogen-bond donors (Lipinski definition) is 1. The summed E-state index contributed by atoms with van der Waals surface area (Å²) in [6.45, 7) is 5.52. The quantitative estimate of drug-likeness (QED) is 0.717. The summed E-state index contributed by atoms with van der Waals surface area (Å²) in [5, 5.41) is 11.4. The van der Waals surface area contributed by atoms with E-state index >= 15 is 0 Å². The summed E-state index contributed by atoms with van der Waals surface area (Å²) in [4.78, 5) is 11.4. The molecule has 3 nitrogen and oxygen atoms in total. The lowest BCUT2D eigenvalue weighted by atomic mass is 10.0. The van der Waals surface area contributed by atoms with E-state index in [0.717, 1.165) is 12.8 Å². The minimum Gasteiger partial charge on any atom is -0.338 e. The number of carbonyl (C=O) groups is 1. The van der Waals surface area contributed by atoms with Crippen LogP contribution in [0.25, 0.3) is 0 Å². The largest absolute Gasteiger partial charge is 0.338 e. The van der Waals surface area contributed by atoms with E-state index in [1.807, 2.05) is 6.07 Å². The van der Waals surface area contributed by atoms with E-state index in [0.29, 0.717) is 6.42 Å². The Morgan fingerprint density at radius 1 is 1.62 bits per heavy atom. The molecule has 13 heavy (non-hydrogen) atoms. The van der Waals surface area contributed by atoms with Crippen molar-refractivity contribution in [2.45, 2.75) is 45.6 Å². The highest BCUT2D eigenvalue weighted by atomic mass is 16.1. The van der Waals surface area contributed by atoms with Crippen LogP contribution in [0.2, 0.25) is 0 Å². The number of carbonyl (C=O) groups excluding carboxylic acids is 1. The Bertz CT molecular complexity index is 259. The Morgan fingerprint density at radius 2 is 2.15 bits per heavy atom. The second kappa shape index (κ2) is 3.02. The molecule has 72 valence electrons. The van der Waals surface area contributed by atoms with Gasteiger partial charge in [-0.05, 0) is 32.1 Å². The molecule has 0 heterocycles. The van der Waals surface area contributed by atoms with E-state index in [4.69, 9.17) is 5.26 Å². The van der Waals surface area contributed by atoms with E-state index in [9.17, 15) is 4.79 Å². The van der Waals surface area contributed by atoms with Crippen molar-refractivity contribution in [1.29, 1.82) is 5.26 Å². The maximum atomic E-state index is 11.4. The van der Waals surface area contributed by atoms with E-state index in [1.165, 1.54) is 0 Å². The van der Waals surface area contributed by atoms with Crippen LogP contribution in [0, 0.1) is 16.7 Å². The van der Waals surface area contributed by atoms with Crippen molar-refractivity contribution in [2.24, 2.45) is 5.41 Å². The van der Waals surface area contributed by atoms with Gasteiger partial charge in [0.15, 0.2) is 0 Å². The van der Waals surface area contributed by atoms with Gasteiger partial charge < -0.3 is 5.32 Å². The summed E-state index contributed by atoms with van der Waals surface area (Å²) in [6.07, 6.45) is 2.82. The fourth-order valence-electron chi connectivity index (χ4n) is 1.20. The van der Waals surface area contributed by atoms with Crippen molar-refractivity contribution < 1.29 is 4.79 Å². The molecule has 3 heteroatoms. The Morgan fingerprint density at radius 3 is 2.54 bits per heavy atom. The van der Waals surface area contributed by atoms with Gasteiger partial charge in [0.2, 0.25) is 5.91 Å². The maximum Gasteiger partial charge on any atom is 0.221 e. The van der Waals surface area contributed by atoms with Gasteiger partial charge in [-0.2, -0.15) is 5.26 Å². The van der Waals surface area contributed by atoms with E-state index < -0.39 is 5.54 Å². The average Bonchev–Trinajstić information content (AvgIpc) is 2.66. The molecular weight excluding hydrogens is 164 g/mol. The second-order valence-corrected chi connectivity index (χ2v) is 4.77. The summed E-state index contributed by atoms with van der Waals surface area (Å²) >= 11 is 0. The van der Waals surface area contributed by atoms with Crippen molar-refractivity contribution in [3.8, 4) is 6.07 Å². The molecule has 0 aromatic heterocycles. The first kappa shape index (κ1) is 10.0. The van der Waals surface area contributed by atoms with Gasteiger partial charge in [0, 0.05) is 6.42 Å². The molecule has 0 aromatic carbocycles. The van der Waals surface area contributed by atoms with Crippen molar-refractivity contribution in [3.05, 3.63) is 0 Å². The maximum absolute atomic E-state index is 11.4. The number of hydrogen-bond acceptors (Lipinski definition) is 2. The topological polar surface area (TPSA) is 52.9 Å². The lowest BCUT2D eigenvalue weighted by molar-refractivity contribution is -0.123. The third kappa shape index (κ3) is 3.06. The fourth-order valence-corrected chi connectivity index (χ4v) is 1.20. The molecule has 1 rings (SSSR count). The van der Waals surface area contributed by atoms with E-state index in [2.05, 4.69) is 12.2 Å². The monoisotopic (exact) mass is 180 g/mol. The number of nitrogens with zero attached hydrogens (tertiary/aromatic N) is 1. The summed E-state index contributed by atoms with van der Waals surface area (Å²) in [6, 6.07) is 2.05. The predicted octanol–water partition coefficient (Wildman–Crippen LogP) is 1.59. The van der Waals surface area contributed by atoms with Crippen LogP contribution in [0.4, 0.5) is 0 Å². The van der Waals surface area contributed by atoms with Crippen molar-refractivity contribution in [1.82, 2.24) is 5.32 Å². The minimum atomic E-state index is -0.734. The molecule has 1 aliphatic carbocycles. The molecule has 0 aromatic rings. The normalized spacial score (nSPS) is 18.9. The number of amides is 1. The van der Waals surface area contributed by atoms with Crippen LogP contribution in [0.15, 0.2) is 0 Å². The SMILES string of the molecule is CC1(CC(=O)NC(C)(C)C#N)CC1. The third-order valence-electron chi connectivity index (χ3n) is 2.42. The van der Waals surface area contributed by atoms with Crippen LogP contribution in [-0.2, 0) is 4.79 Å². The summed E-state index contributed by atoms with van der Waals surface area (Å²) in [5.74, 6) is -0.00782. The van der Waals surface area contributed by atoms with Crippen molar-refractivity contribution >= 4 is 5.91 Å². The molecule has 1 N–H and O–H groups in total. The van der Waals surface area contributed by atoms with Crippen LogP contribution in [0.1, 0.15) is 40.0 Å². The Balaban J connectivity index is 2.38. The van der Waals surface area contributed by atoms with Gasteiger partial charge >= 0.3 is 0 Å². The fraction of sp³-hybridized carbons (Fsp3) is 0.800. The third-order valence-corrected chi connectivity index (χ3v) is 2.42. The molecule has 0 radical (unpaired) electrons. The van der Waals surface area contributed by atoms with Gasteiger partial charge in [-0.15, -0.1) is 0 Å². The highest BCUT2D eigenvalue weighted by Crippen LogP contribution is 2.47. The molecule has 1 aliphatic rings. The number of nitriles is 1. The lowest BCUT2D eigenvalue weighted by Gasteiger charge is -2.18. The highest BCUT2D eigenvalue weighted by Gasteiger charge is 2.39. The molecule has 0 bridgehead atoms. The summed E-state index contributed by atoms with van der Waals surface area (Å²) in [7, 11) is 0. The smallest absolute Gasteiger partial charge is 0.221 e. The standard InChI is InChI=1S/C10H16N2O/c1-9(2,7-11)12-8(13)6-10(3)4-5-10/h4-6H2,1-3H3,(H,12,13). The van der Waals surface area contributed by atoms with Crippen LogP contribution in [0.5, 0.6) is 0 Å². The molecule has 0 atom stereocenters. The van der Waals surface area contributed by atoms with Crippen LogP contribution < -0.4 is 5.32 Å². The van der Waals surface area contributed by atoms with Crippen LogP contribution in [-0.4, -0.2) is 11.4 Å². The Kier molecular flexibility index (Phi) is 2.34. The molecule has 0 unspecified atom stereocenters. The summed E-state index contributed by atoms with van der Waals surface area (Å²) < 4.78 is 0. The second-order valence-electron chi connectivity index (χ2n) is 4.77. The number of nitrogens with one attached hydrogen (secondary N) is 1. The molecule has 0 aliphatic heterocycles. The van der Waals surface area contributed by atoms with E-state index in [1.54, 1.807) is 13.8 Å². The molecular formula is C10H16N2O. The zero-order valence-electron chi connectivity index (χ0n) is 8.48. The first-order chi connectivity index (χ1) is 5.87. The van der Waals surface area contributed by atoms with Crippen LogP contribution >= 0.6 is 0 Å². The zero-order valence-corrected chi connectivity index (χ0v) is 8.48. The van der Waals surface area contributed by atoms with Gasteiger partial charge in [0.25, 0.3) is 0 Å². The van der Waals surface area contributed by atoms with Gasteiger partial charge in [0.05, 0.1) is 6.07 Å².